The highest BCUT2D eigenvalue weighted by atomic mass is 35.5. The first-order valence-corrected chi connectivity index (χ1v) is 6.41. The molecule has 18 heavy (non-hydrogen) atoms. The highest BCUT2D eigenvalue weighted by Gasteiger charge is 2.00. The van der Waals surface area contributed by atoms with Crippen LogP contribution in [0.15, 0.2) is 48.5 Å². The minimum Gasteiger partial charge on any atom is -0.494 e. The van der Waals surface area contributed by atoms with Gasteiger partial charge < -0.3 is 9.47 Å². The molecule has 0 aromatic heterocycles. The Morgan fingerprint density at radius 3 is 2.33 bits per heavy atom. The molecule has 0 radical (unpaired) electrons. The second-order valence-corrected chi connectivity index (χ2v) is 4.05. The van der Waals surface area contributed by atoms with Gasteiger partial charge in [0.25, 0.3) is 0 Å². The normalized spacial score (nSPS) is 10.1. The molecule has 0 unspecified atom stereocenters. The Hall–Kier alpha value is -1.67. The van der Waals surface area contributed by atoms with Gasteiger partial charge in [0.1, 0.15) is 17.2 Å². The third-order valence-corrected chi connectivity index (χ3v) is 2.74. The van der Waals surface area contributed by atoms with Crippen molar-refractivity contribution < 1.29 is 9.47 Å². The highest BCUT2D eigenvalue weighted by molar-refractivity contribution is 6.17. The smallest absolute Gasteiger partial charge is 0.131 e. The lowest BCUT2D eigenvalue weighted by atomic mass is 10.2. The SMILES string of the molecule is CCOc1cccc(Oc2ccc(CCl)cc2)c1. The maximum atomic E-state index is 5.74. The van der Waals surface area contributed by atoms with Crippen LogP contribution < -0.4 is 9.47 Å². The average molecular weight is 263 g/mol. The molecule has 0 bridgehead atoms. The Morgan fingerprint density at radius 1 is 0.944 bits per heavy atom. The Morgan fingerprint density at radius 2 is 1.67 bits per heavy atom. The van der Waals surface area contributed by atoms with E-state index in [4.69, 9.17) is 21.1 Å². The summed E-state index contributed by atoms with van der Waals surface area (Å²) in [6.45, 7) is 2.60. The van der Waals surface area contributed by atoms with Crippen LogP contribution in [0.1, 0.15) is 12.5 Å². The van der Waals surface area contributed by atoms with Crippen molar-refractivity contribution in [3.05, 3.63) is 54.1 Å². The van der Waals surface area contributed by atoms with Crippen LogP contribution in [-0.2, 0) is 5.88 Å². The third kappa shape index (κ3) is 3.41. The molecule has 0 heterocycles. The summed E-state index contributed by atoms with van der Waals surface area (Å²) >= 11 is 5.74. The van der Waals surface area contributed by atoms with Crippen molar-refractivity contribution in [2.75, 3.05) is 6.61 Å². The van der Waals surface area contributed by atoms with E-state index in [2.05, 4.69) is 0 Å². The zero-order valence-electron chi connectivity index (χ0n) is 10.2. The highest BCUT2D eigenvalue weighted by Crippen LogP contribution is 2.25. The van der Waals surface area contributed by atoms with E-state index in [9.17, 15) is 0 Å². The van der Waals surface area contributed by atoms with E-state index in [1.165, 1.54) is 0 Å². The van der Waals surface area contributed by atoms with Crippen LogP contribution in [0.5, 0.6) is 17.2 Å². The van der Waals surface area contributed by atoms with Crippen molar-refractivity contribution >= 4 is 11.6 Å². The van der Waals surface area contributed by atoms with E-state index in [0.717, 1.165) is 22.8 Å². The predicted octanol–water partition coefficient (Wildman–Crippen LogP) is 4.62. The van der Waals surface area contributed by atoms with Crippen molar-refractivity contribution in [3.63, 3.8) is 0 Å². The molecule has 0 aliphatic rings. The number of rotatable bonds is 5. The molecule has 3 heteroatoms. The van der Waals surface area contributed by atoms with Gasteiger partial charge in [-0.25, -0.2) is 0 Å². The van der Waals surface area contributed by atoms with E-state index in [1.54, 1.807) is 0 Å². The lowest BCUT2D eigenvalue weighted by Crippen LogP contribution is -1.91. The maximum absolute atomic E-state index is 5.74. The summed E-state index contributed by atoms with van der Waals surface area (Å²) in [5.74, 6) is 2.88. The number of benzene rings is 2. The van der Waals surface area contributed by atoms with Crippen molar-refractivity contribution in [1.29, 1.82) is 0 Å². The topological polar surface area (TPSA) is 18.5 Å². The molecule has 94 valence electrons. The zero-order valence-corrected chi connectivity index (χ0v) is 11.0. The van der Waals surface area contributed by atoms with Crippen LogP contribution in [0.25, 0.3) is 0 Å². The molecule has 2 nitrogen and oxygen atoms in total. The van der Waals surface area contributed by atoms with E-state index >= 15 is 0 Å². The van der Waals surface area contributed by atoms with Crippen LogP contribution in [0, 0.1) is 0 Å². The molecule has 0 aliphatic carbocycles. The van der Waals surface area contributed by atoms with Gasteiger partial charge >= 0.3 is 0 Å². The summed E-state index contributed by atoms with van der Waals surface area (Å²) in [5.41, 5.74) is 1.08. The Labute approximate surface area is 112 Å². The van der Waals surface area contributed by atoms with Gasteiger partial charge in [-0.3, -0.25) is 0 Å². The van der Waals surface area contributed by atoms with Crippen LogP contribution >= 0.6 is 11.6 Å². The Kier molecular flexibility index (Phi) is 4.48. The minimum atomic E-state index is 0.514. The van der Waals surface area contributed by atoms with Crippen LogP contribution in [0.3, 0.4) is 0 Å². The summed E-state index contributed by atoms with van der Waals surface area (Å²) in [6.07, 6.45) is 0. The quantitative estimate of drug-likeness (QED) is 0.732. The van der Waals surface area contributed by atoms with Crippen LogP contribution in [0.4, 0.5) is 0 Å². The van der Waals surface area contributed by atoms with E-state index in [-0.39, 0.29) is 0 Å². The molecule has 0 N–H and O–H groups in total. The largest absolute Gasteiger partial charge is 0.494 e. The molecule has 2 aromatic carbocycles. The fourth-order valence-corrected chi connectivity index (χ4v) is 1.75. The monoisotopic (exact) mass is 262 g/mol. The lowest BCUT2D eigenvalue weighted by Gasteiger charge is -2.08. The van der Waals surface area contributed by atoms with Crippen LogP contribution in [-0.4, -0.2) is 6.61 Å². The van der Waals surface area contributed by atoms with Gasteiger partial charge in [-0.05, 0) is 36.8 Å². The van der Waals surface area contributed by atoms with Crippen molar-refractivity contribution in [2.45, 2.75) is 12.8 Å². The summed E-state index contributed by atoms with van der Waals surface area (Å²) < 4.78 is 11.2. The summed E-state index contributed by atoms with van der Waals surface area (Å²) in [7, 11) is 0. The number of hydrogen-bond acceptors (Lipinski definition) is 2. The first-order valence-electron chi connectivity index (χ1n) is 5.87. The van der Waals surface area contributed by atoms with Gasteiger partial charge in [-0.2, -0.15) is 0 Å². The summed E-state index contributed by atoms with van der Waals surface area (Å²) in [5, 5.41) is 0. The molecule has 2 rings (SSSR count). The van der Waals surface area contributed by atoms with Gasteiger partial charge in [0.15, 0.2) is 0 Å². The van der Waals surface area contributed by atoms with Gasteiger partial charge in [0, 0.05) is 11.9 Å². The predicted molar refractivity (Wildman–Crippen MR) is 73.7 cm³/mol. The standard InChI is InChI=1S/C15H15ClO2/c1-2-17-14-4-3-5-15(10-14)18-13-8-6-12(11-16)7-9-13/h3-10H,2,11H2,1H3. The van der Waals surface area contributed by atoms with Crippen LogP contribution in [0.2, 0.25) is 0 Å². The number of hydrogen-bond donors (Lipinski definition) is 0. The second-order valence-electron chi connectivity index (χ2n) is 3.79. The lowest BCUT2D eigenvalue weighted by molar-refractivity contribution is 0.338. The van der Waals surface area contributed by atoms with Gasteiger partial charge in [0.2, 0.25) is 0 Å². The molecule has 0 spiro atoms. The Bertz CT molecular complexity index is 494. The summed E-state index contributed by atoms with van der Waals surface area (Å²) in [6, 6.07) is 15.3. The number of alkyl halides is 1. The fraction of sp³-hybridized carbons (Fsp3) is 0.200. The Balaban J connectivity index is 2.09. The molecule has 0 saturated carbocycles. The molecule has 0 amide bonds. The maximum Gasteiger partial charge on any atom is 0.131 e. The van der Waals surface area contributed by atoms with Crippen molar-refractivity contribution in [1.82, 2.24) is 0 Å². The molecular formula is C15H15ClO2. The minimum absolute atomic E-state index is 0.514. The van der Waals surface area contributed by atoms with Gasteiger partial charge in [-0.15, -0.1) is 11.6 Å². The zero-order chi connectivity index (χ0) is 12.8. The number of halogens is 1. The molecule has 2 aromatic rings. The number of ether oxygens (including phenoxy) is 2. The van der Waals surface area contributed by atoms with E-state index in [0.29, 0.717) is 12.5 Å². The molecule has 0 saturated heterocycles. The fourth-order valence-electron chi connectivity index (χ4n) is 1.58. The molecule has 0 aliphatic heterocycles. The third-order valence-electron chi connectivity index (χ3n) is 2.43. The molecular weight excluding hydrogens is 248 g/mol. The first-order chi connectivity index (χ1) is 8.81. The van der Waals surface area contributed by atoms with Crippen molar-refractivity contribution in [3.8, 4) is 17.2 Å². The van der Waals surface area contributed by atoms with E-state index < -0.39 is 0 Å². The van der Waals surface area contributed by atoms with Crippen molar-refractivity contribution in [2.24, 2.45) is 0 Å². The first kappa shape index (κ1) is 12.8. The molecule has 0 atom stereocenters. The van der Waals surface area contributed by atoms with Gasteiger partial charge in [0.05, 0.1) is 6.61 Å². The molecule has 0 fully saturated rings. The summed E-state index contributed by atoms with van der Waals surface area (Å²) in [4.78, 5) is 0. The second kappa shape index (κ2) is 6.31. The van der Waals surface area contributed by atoms with Gasteiger partial charge in [-0.1, -0.05) is 18.2 Å². The average Bonchev–Trinajstić information content (AvgIpc) is 2.40. The van der Waals surface area contributed by atoms with E-state index in [1.807, 2.05) is 55.5 Å².